The van der Waals surface area contributed by atoms with Crippen LogP contribution in [0, 0.1) is 0 Å². The van der Waals surface area contributed by atoms with Gasteiger partial charge in [0, 0.05) is 21.7 Å². The highest BCUT2D eigenvalue weighted by atomic mass is 79.9. The van der Waals surface area contributed by atoms with Gasteiger partial charge in [-0.15, -0.1) is 16.8 Å². The van der Waals surface area contributed by atoms with Crippen LogP contribution < -0.4 is 10.1 Å². The van der Waals surface area contributed by atoms with Crippen LogP contribution in [0.3, 0.4) is 0 Å². The molecule has 1 heterocycles. The standard InChI is InChI=1S/C21H20BrClN4O2S/c1-3-12-27-20(14(2)29-18-10-4-15(22)5-11-18)25-26-21(27)30-13-19(28)24-17-8-6-16(23)7-9-17/h3-11,14H,1,12-13H2,2H3,(H,24,28). The lowest BCUT2D eigenvalue weighted by Crippen LogP contribution is -2.15. The Balaban J connectivity index is 1.65. The van der Waals surface area contributed by atoms with Crippen molar-refractivity contribution in [1.82, 2.24) is 14.8 Å². The van der Waals surface area contributed by atoms with Gasteiger partial charge in [0.2, 0.25) is 5.91 Å². The molecule has 1 N–H and O–H groups in total. The lowest BCUT2D eigenvalue weighted by molar-refractivity contribution is -0.113. The SMILES string of the molecule is C=CCn1c(SCC(=O)Nc2ccc(Cl)cc2)nnc1C(C)Oc1ccc(Br)cc1. The number of rotatable bonds is 9. The molecule has 0 fully saturated rings. The highest BCUT2D eigenvalue weighted by Gasteiger charge is 2.19. The second kappa shape index (κ2) is 10.7. The van der Waals surface area contributed by atoms with E-state index in [1.165, 1.54) is 11.8 Å². The molecule has 1 aromatic heterocycles. The number of nitrogens with one attached hydrogen (secondary N) is 1. The summed E-state index contributed by atoms with van der Waals surface area (Å²) in [5.74, 6) is 1.45. The van der Waals surface area contributed by atoms with Crippen LogP contribution in [0.5, 0.6) is 5.75 Å². The molecule has 0 bridgehead atoms. The summed E-state index contributed by atoms with van der Waals surface area (Å²) >= 11 is 10.6. The quantitative estimate of drug-likeness (QED) is 0.295. The highest BCUT2D eigenvalue weighted by Crippen LogP contribution is 2.26. The van der Waals surface area contributed by atoms with Crippen LogP contribution in [-0.4, -0.2) is 26.4 Å². The summed E-state index contributed by atoms with van der Waals surface area (Å²) in [6, 6.07) is 14.5. The van der Waals surface area contributed by atoms with E-state index in [9.17, 15) is 4.79 Å². The van der Waals surface area contributed by atoms with Gasteiger partial charge in [0.05, 0.1) is 5.75 Å². The van der Waals surface area contributed by atoms with E-state index < -0.39 is 0 Å². The number of hydrogen-bond donors (Lipinski definition) is 1. The van der Waals surface area contributed by atoms with Gasteiger partial charge in [0.15, 0.2) is 17.1 Å². The first-order valence-corrected chi connectivity index (χ1v) is 11.3. The number of ether oxygens (including phenoxy) is 1. The maximum atomic E-state index is 12.3. The van der Waals surface area contributed by atoms with E-state index in [0.717, 1.165) is 10.2 Å². The Morgan fingerprint density at radius 1 is 1.27 bits per heavy atom. The molecule has 0 saturated heterocycles. The van der Waals surface area contributed by atoms with Crippen molar-refractivity contribution < 1.29 is 9.53 Å². The average molecular weight is 508 g/mol. The summed E-state index contributed by atoms with van der Waals surface area (Å²) in [7, 11) is 0. The van der Waals surface area contributed by atoms with Crippen molar-refractivity contribution in [3.63, 3.8) is 0 Å². The fraction of sp³-hybridized carbons (Fsp3) is 0.190. The van der Waals surface area contributed by atoms with Gasteiger partial charge in [0.25, 0.3) is 0 Å². The zero-order valence-corrected chi connectivity index (χ0v) is 19.4. The molecule has 3 rings (SSSR count). The monoisotopic (exact) mass is 506 g/mol. The number of nitrogens with zero attached hydrogens (tertiary/aromatic N) is 3. The molecule has 30 heavy (non-hydrogen) atoms. The molecule has 2 aromatic carbocycles. The fourth-order valence-electron chi connectivity index (χ4n) is 2.64. The van der Waals surface area contributed by atoms with Crippen LogP contribution in [-0.2, 0) is 11.3 Å². The van der Waals surface area contributed by atoms with Crippen LogP contribution >= 0.6 is 39.3 Å². The second-order valence-corrected chi connectivity index (χ2v) is 8.59. The van der Waals surface area contributed by atoms with E-state index >= 15 is 0 Å². The largest absolute Gasteiger partial charge is 0.483 e. The lowest BCUT2D eigenvalue weighted by atomic mass is 10.3. The molecule has 156 valence electrons. The maximum absolute atomic E-state index is 12.3. The molecule has 0 radical (unpaired) electrons. The van der Waals surface area contributed by atoms with Gasteiger partial charge in [-0.05, 0) is 55.5 Å². The van der Waals surface area contributed by atoms with Gasteiger partial charge in [0.1, 0.15) is 5.75 Å². The molecule has 0 spiro atoms. The molecule has 6 nitrogen and oxygen atoms in total. The number of anilines is 1. The van der Waals surface area contributed by atoms with Crippen molar-refractivity contribution >= 4 is 50.9 Å². The summed E-state index contributed by atoms with van der Waals surface area (Å²) in [5, 5.41) is 12.6. The van der Waals surface area contributed by atoms with Crippen LogP contribution in [0.2, 0.25) is 5.02 Å². The maximum Gasteiger partial charge on any atom is 0.234 e. The van der Waals surface area contributed by atoms with Crippen LogP contribution in [0.25, 0.3) is 0 Å². The normalized spacial score (nSPS) is 11.7. The van der Waals surface area contributed by atoms with Crippen LogP contribution in [0.15, 0.2) is 70.8 Å². The number of benzene rings is 2. The molecule has 1 atom stereocenters. The average Bonchev–Trinajstić information content (AvgIpc) is 3.13. The van der Waals surface area contributed by atoms with Crippen molar-refractivity contribution in [2.45, 2.75) is 24.7 Å². The number of halogens is 2. The third-order valence-corrected chi connectivity index (χ3v) is 5.75. The van der Waals surface area contributed by atoms with E-state index in [2.05, 4.69) is 38.0 Å². The van der Waals surface area contributed by atoms with Crippen LogP contribution in [0.4, 0.5) is 5.69 Å². The van der Waals surface area contributed by atoms with Crippen molar-refractivity contribution in [3.05, 3.63) is 76.5 Å². The molecule has 0 aliphatic rings. The summed E-state index contributed by atoms with van der Waals surface area (Å²) in [6.07, 6.45) is 1.44. The molecule has 3 aromatic rings. The van der Waals surface area contributed by atoms with E-state index in [4.69, 9.17) is 16.3 Å². The second-order valence-electron chi connectivity index (χ2n) is 6.30. The Morgan fingerprint density at radius 3 is 2.63 bits per heavy atom. The summed E-state index contributed by atoms with van der Waals surface area (Å²) in [6.45, 7) is 6.23. The number of hydrogen-bond acceptors (Lipinski definition) is 5. The zero-order valence-electron chi connectivity index (χ0n) is 16.2. The number of carbonyl (C=O) groups excluding carboxylic acids is 1. The number of allylic oxidation sites excluding steroid dienone is 1. The van der Waals surface area contributed by atoms with Gasteiger partial charge >= 0.3 is 0 Å². The van der Waals surface area contributed by atoms with Gasteiger partial charge < -0.3 is 10.1 Å². The number of aromatic nitrogens is 3. The molecule has 1 unspecified atom stereocenters. The number of carbonyl (C=O) groups is 1. The first kappa shape index (κ1) is 22.4. The topological polar surface area (TPSA) is 69.0 Å². The van der Waals surface area contributed by atoms with E-state index in [1.54, 1.807) is 30.3 Å². The molecule has 1 amide bonds. The molecule has 9 heteroatoms. The predicted octanol–water partition coefficient (Wildman–Crippen LogP) is 5.75. The Bertz CT molecular complexity index is 1010. The predicted molar refractivity (Wildman–Crippen MR) is 124 cm³/mol. The van der Waals surface area contributed by atoms with E-state index in [0.29, 0.717) is 28.2 Å². The van der Waals surface area contributed by atoms with Crippen molar-refractivity contribution in [2.75, 3.05) is 11.1 Å². The first-order valence-electron chi connectivity index (χ1n) is 9.10. The first-order chi connectivity index (χ1) is 14.5. The fourth-order valence-corrected chi connectivity index (χ4v) is 3.78. The van der Waals surface area contributed by atoms with Gasteiger partial charge in [-0.1, -0.05) is 45.4 Å². The number of amides is 1. The third-order valence-electron chi connectivity index (χ3n) is 4.01. The zero-order chi connectivity index (χ0) is 21.5. The van der Waals surface area contributed by atoms with E-state index in [-0.39, 0.29) is 17.8 Å². The summed E-state index contributed by atoms with van der Waals surface area (Å²) in [4.78, 5) is 12.3. The Labute approximate surface area is 192 Å². The molecule has 0 saturated carbocycles. The Morgan fingerprint density at radius 2 is 1.97 bits per heavy atom. The highest BCUT2D eigenvalue weighted by molar-refractivity contribution is 9.10. The van der Waals surface area contributed by atoms with Gasteiger partial charge in [-0.3, -0.25) is 9.36 Å². The smallest absolute Gasteiger partial charge is 0.234 e. The van der Waals surface area contributed by atoms with Crippen molar-refractivity contribution in [2.24, 2.45) is 0 Å². The molecular formula is C21H20BrClN4O2S. The lowest BCUT2D eigenvalue weighted by Gasteiger charge is -2.15. The Kier molecular flexibility index (Phi) is 7.95. The Hall–Kier alpha value is -2.29. The van der Waals surface area contributed by atoms with Crippen LogP contribution in [0.1, 0.15) is 18.9 Å². The summed E-state index contributed by atoms with van der Waals surface area (Å²) < 4.78 is 8.87. The minimum atomic E-state index is -0.323. The molecular weight excluding hydrogens is 488 g/mol. The minimum Gasteiger partial charge on any atom is -0.483 e. The van der Waals surface area contributed by atoms with E-state index in [1.807, 2.05) is 35.8 Å². The number of thioether (sulfide) groups is 1. The molecule has 0 aliphatic carbocycles. The van der Waals surface area contributed by atoms with Gasteiger partial charge in [-0.2, -0.15) is 0 Å². The third kappa shape index (κ3) is 6.10. The van der Waals surface area contributed by atoms with Crippen molar-refractivity contribution in [1.29, 1.82) is 0 Å². The van der Waals surface area contributed by atoms with Crippen molar-refractivity contribution in [3.8, 4) is 5.75 Å². The summed E-state index contributed by atoms with van der Waals surface area (Å²) in [5.41, 5.74) is 0.690. The van der Waals surface area contributed by atoms with Gasteiger partial charge in [-0.25, -0.2) is 0 Å². The molecule has 0 aliphatic heterocycles. The minimum absolute atomic E-state index is 0.142.